The largest absolute Gasteiger partial charge is 0.322 e. The highest BCUT2D eigenvalue weighted by Gasteiger charge is 2.24. The number of rotatable bonds is 10. The third kappa shape index (κ3) is 7.81. The van der Waals surface area contributed by atoms with E-state index in [1.807, 2.05) is 39.0 Å². The van der Waals surface area contributed by atoms with Crippen molar-refractivity contribution in [1.82, 2.24) is 0 Å². The van der Waals surface area contributed by atoms with Crippen molar-refractivity contribution in [2.75, 3.05) is 10.6 Å². The van der Waals surface area contributed by atoms with Gasteiger partial charge in [-0.3, -0.25) is 23.5 Å². The van der Waals surface area contributed by atoms with E-state index in [-0.39, 0.29) is 45.5 Å². The van der Waals surface area contributed by atoms with Gasteiger partial charge < -0.3 is 10.6 Å². The number of ketones is 1. The molecule has 5 aromatic rings. The number of benzene rings is 5. The molecule has 0 aromatic heterocycles. The number of nitrogens with one attached hydrogen (secondary N) is 2. The van der Waals surface area contributed by atoms with Gasteiger partial charge in [0.25, 0.3) is 32.1 Å². The molecule has 0 fully saturated rings. The number of carbonyl (C=O) groups is 3. The Morgan fingerprint density at radius 2 is 1.34 bits per heavy atom. The molecule has 0 spiro atoms. The third-order valence-electron chi connectivity index (χ3n) is 8.27. The molecule has 4 N–H and O–H groups in total. The number of aryl methyl sites for hydroxylation is 4. The molecule has 0 aliphatic heterocycles. The van der Waals surface area contributed by atoms with Crippen LogP contribution in [-0.4, -0.2) is 43.5 Å². The van der Waals surface area contributed by atoms with Crippen LogP contribution in [0.4, 0.5) is 11.4 Å². The number of Topliss-reactive ketones (excluding diaryl/α,β-unsaturated/α-hetero) is 1. The fraction of sp³-hybridized carbons (Fsp3) is 0.162. The van der Waals surface area contributed by atoms with Crippen LogP contribution in [0.5, 0.6) is 0 Å². The van der Waals surface area contributed by atoms with Crippen molar-refractivity contribution < 1.29 is 40.3 Å². The van der Waals surface area contributed by atoms with E-state index in [9.17, 15) is 40.3 Å². The van der Waals surface area contributed by atoms with Crippen LogP contribution in [0.2, 0.25) is 0 Å². The van der Waals surface area contributed by atoms with Gasteiger partial charge >= 0.3 is 0 Å². The molecule has 0 saturated carbocycles. The number of hydrogen-bond donors (Lipinski definition) is 4. The second-order valence-electron chi connectivity index (χ2n) is 12.0. The van der Waals surface area contributed by atoms with Gasteiger partial charge in [-0.1, -0.05) is 42.8 Å². The monoisotopic (exact) mass is 714 g/mol. The van der Waals surface area contributed by atoms with E-state index in [0.717, 1.165) is 34.9 Å². The molecule has 2 amide bonds. The molecule has 0 saturated heterocycles. The zero-order chi connectivity index (χ0) is 36.5. The van der Waals surface area contributed by atoms with E-state index >= 15 is 0 Å². The maximum absolute atomic E-state index is 13.4. The molecule has 0 aliphatic carbocycles. The summed E-state index contributed by atoms with van der Waals surface area (Å²) in [5, 5.41) is 4.74. The number of fused-ring (bicyclic) bond motifs is 1. The first kappa shape index (κ1) is 36.1. The smallest absolute Gasteiger partial charge is 0.295 e. The normalized spacial score (nSPS) is 11.7. The van der Waals surface area contributed by atoms with Gasteiger partial charge in [0.15, 0.2) is 5.78 Å². The average Bonchev–Trinajstić information content (AvgIpc) is 3.04. The molecular weight excluding hydrogens is 681 g/mol. The zero-order valence-electron chi connectivity index (χ0n) is 27.6. The zero-order valence-corrected chi connectivity index (χ0v) is 29.2. The van der Waals surface area contributed by atoms with Crippen molar-refractivity contribution in [2.24, 2.45) is 0 Å². The molecule has 5 rings (SSSR count). The minimum Gasteiger partial charge on any atom is -0.322 e. The summed E-state index contributed by atoms with van der Waals surface area (Å²) in [5.74, 6) is -1.29. The van der Waals surface area contributed by atoms with Crippen LogP contribution in [0.1, 0.15) is 65.8 Å². The molecule has 50 heavy (non-hydrogen) atoms. The minimum atomic E-state index is -4.91. The van der Waals surface area contributed by atoms with Crippen LogP contribution in [0, 0.1) is 20.8 Å². The van der Waals surface area contributed by atoms with Crippen LogP contribution in [0.3, 0.4) is 0 Å². The lowest BCUT2D eigenvalue weighted by molar-refractivity contribution is 0.0987. The van der Waals surface area contributed by atoms with Crippen LogP contribution in [-0.2, 0) is 33.1 Å². The molecule has 258 valence electrons. The molecule has 0 heterocycles. The molecule has 5 aromatic carbocycles. The number of anilines is 2. The predicted octanol–water partition coefficient (Wildman–Crippen LogP) is 6.75. The van der Waals surface area contributed by atoms with Crippen molar-refractivity contribution in [3.05, 3.63) is 129 Å². The van der Waals surface area contributed by atoms with Gasteiger partial charge in [-0.2, -0.15) is 16.8 Å². The van der Waals surface area contributed by atoms with Gasteiger partial charge in [-0.25, -0.2) is 0 Å². The molecule has 0 bridgehead atoms. The summed E-state index contributed by atoms with van der Waals surface area (Å²) in [4.78, 5) is 38.7. The predicted molar refractivity (Wildman–Crippen MR) is 190 cm³/mol. The molecule has 0 atom stereocenters. The van der Waals surface area contributed by atoms with Gasteiger partial charge in [0, 0.05) is 39.6 Å². The Bertz CT molecular complexity index is 2440. The first-order chi connectivity index (χ1) is 23.5. The molecule has 11 nitrogen and oxygen atoms in total. The maximum atomic E-state index is 13.4. The van der Waals surface area contributed by atoms with E-state index in [0.29, 0.717) is 23.1 Å². The summed E-state index contributed by atoms with van der Waals surface area (Å²) < 4.78 is 68.5. The molecule has 0 radical (unpaired) electrons. The maximum Gasteiger partial charge on any atom is 0.295 e. The second kappa shape index (κ2) is 14.0. The standard InChI is InChI=1S/C37H34N2O9S2/c1-5-24-15-21(2)9-12-29(24)32(40)20-27-18-26(11-10-23(27)4)36(41)38-28-8-6-7-25(19-28)37(42)39-31-13-14-33(49(43,44)45)30-16-22(3)17-34(35(30)31)50(46,47)48/h6-19H,5,20H2,1-4H3,(H,38,41)(H,39,42)(H,43,44,45)(H,46,47,48). The van der Waals surface area contributed by atoms with Gasteiger partial charge in [0.1, 0.15) is 9.79 Å². The van der Waals surface area contributed by atoms with E-state index in [4.69, 9.17) is 0 Å². The molecule has 0 unspecified atom stereocenters. The summed E-state index contributed by atoms with van der Waals surface area (Å²) in [5.41, 5.74) is 4.95. The summed E-state index contributed by atoms with van der Waals surface area (Å²) in [7, 11) is -9.73. The van der Waals surface area contributed by atoms with Crippen molar-refractivity contribution in [1.29, 1.82) is 0 Å². The highest BCUT2D eigenvalue weighted by atomic mass is 32.2. The van der Waals surface area contributed by atoms with Gasteiger partial charge in [-0.15, -0.1) is 0 Å². The van der Waals surface area contributed by atoms with Crippen LogP contribution < -0.4 is 10.6 Å². The summed E-state index contributed by atoms with van der Waals surface area (Å²) in [6.45, 7) is 7.30. The summed E-state index contributed by atoms with van der Waals surface area (Å²) >= 11 is 0. The SMILES string of the molecule is CCc1cc(C)ccc1C(=O)Cc1cc(C(=O)Nc2cccc(C(=O)Nc3ccc(S(=O)(=O)O)c4cc(C)cc(S(=O)(=O)O)c34)c2)ccc1C. The van der Waals surface area contributed by atoms with Gasteiger partial charge in [0.05, 0.1) is 5.69 Å². The minimum absolute atomic E-state index is 0.0512. The Labute approximate surface area is 289 Å². The van der Waals surface area contributed by atoms with Gasteiger partial charge in [-0.05, 0) is 104 Å². The summed E-state index contributed by atoms with van der Waals surface area (Å²) in [6, 6.07) is 21.2. The van der Waals surface area contributed by atoms with Crippen LogP contribution in [0.15, 0.2) is 94.7 Å². The Morgan fingerprint density at radius 1 is 0.660 bits per heavy atom. The fourth-order valence-corrected chi connectivity index (χ4v) is 7.28. The average molecular weight is 715 g/mol. The first-order valence-electron chi connectivity index (χ1n) is 15.4. The molecule has 0 aliphatic rings. The van der Waals surface area contributed by atoms with E-state index in [1.54, 1.807) is 24.3 Å². The Morgan fingerprint density at radius 3 is 2.02 bits per heavy atom. The second-order valence-corrected chi connectivity index (χ2v) is 14.8. The lowest BCUT2D eigenvalue weighted by atomic mass is 9.93. The lowest BCUT2D eigenvalue weighted by Gasteiger charge is -2.15. The first-order valence-corrected chi connectivity index (χ1v) is 18.3. The highest BCUT2D eigenvalue weighted by Crippen LogP contribution is 2.36. The van der Waals surface area contributed by atoms with Crippen molar-refractivity contribution in [3.63, 3.8) is 0 Å². The number of hydrogen-bond acceptors (Lipinski definition) is 7. The lowest BCUT2D eigenvalue weighted by Crippen LogP contribution is -2.16. The summed E-state index contributed by atoms with van der Waals surface area (Å²) in [6.07, 6.45) is 0.820. The highest BCUT2D eigenvalue weighted by molar-refractivity contribution is 7.86. The van der Waals surface area contributed by atoms with E-state index in [2.05, 4.69) is 10.6 Å². The Hall–Kier alpha value is -5.21. The van der Waals surface area contributed by atoms with E-state index < -0.39 is 41.8 Å². The van der Waals surface area contributed by atoms with E-state index in [1.165, 1.54) is 31.2 Å². The van der Waals surface area contributed by atoms with Crippen LogP contribution in [0.25, 0.3) is 10.8 Å². The Balaban J connectivity index is 1.40. The van der Waals surface area contributed by atoms with Crippen molar-refractivity contribution >= 4 is 60.0 Å². The third-order valence-corrected chi connectivity index (χ3v) is 10.1. The quantitative estimate of drug-likeness (QED) is 0.0898. The van der Waals surface area contributed by atoms with Crippen molar-refractivity contribution in [2.45, 2.75) is 50.3 Å². The molecule has 13 heteroatoms. The van der Waals surface area contributed by atoms with Gasteiger partial charge in [0.2, 0.25) is 0 Å². The van der Waals surface area contributed by atoms with Crippen molar-refractivity contribution in [3.8, 4) is 0 Å². The fourth-order valence-electron chi connectivity index (χ4n) is 5.78. The number of carbonyl (C=O) groups excluding carboxylic acids is 3. The van der Waals surface area contributed by atoms with Crippen LogP contribution >= 0.6 is 0 Å². The Kier molecular flexibility index (Phi) is 10.1. The number of amides is 2. The topological polar surface area (TPSA) is 184 Å². The molecular formula is C37H34N2O9S2.